The van der Waals surface area contributed by atoms with Gasteiger partial charge < -0.3 is 19.3 Å². The summed E-state index contributed by atoms with van der Waals surface area (Å²) in [7, 11) is 1.32. The molecule has 6 nitrogen and oxygen atoms in total. The largest absolute Gasteiger partial charge is 0.478 e. The lowest BCUT2D eigenvalue weighted by atomic mass is 10.2. The third kappa shape index (κ3) is 4.49. The highest BCUT2D eigenvalue weighted by atomic mass is 16.7. The van der Waals surface area contributed by atoms with Crippen molar-refractivity contribution in [2.75, 3.05) is 7.11 Å². The van der Waals surface area contributed by atoms with Gasteiger partial charge in [-0.3, -0.25) is 0 Å². The van der Waals surface area contributed by atoms with Gasteiger partial charge in [-0.05, 0) is 48.5 Å². The van der Waals surface area contributed by atoms with E-state index < -0.39 is 18.2 Å². The molecule has 6 heteroatoms. The Morgan fingerprint density at radius 2 is 1.38 bits per heavy atom. The predicted octanol–water partition coefficient (Wildman–Crippen LogP) is 3.37. The fraction of sp³-hybridized carbons (Fsp3) is 0.222. The zero-order chi connectivity index (χ0) is 17.5. The molecular formula is C18H18O6. The number of esters is 1. The number of rotatable bonds is 7. The molecule has 0 saturated carbocycles. The predicted molar refractivity (Wildman–Crippen MR) is 86.5 cm³/mol. The van der Waals surface area contributed by atoms with Gasteiger partial charge in [0, 0.05) is 6.42 Å². The summed E-state index contributed by atoms with van der Waals surface area (Å²) in [6, 6.07) is 12.6. The summed E-state index contributed by atoms with van der Waals surface area (Å²) in [4.78, 5) is 22.2. The Labute approximate surface area is 139 Å². The molecule has 2 aromatic rings. The van der Waals surface area contributed by atoms with Gasteiger partial charge in [0.05, 0.1) is 18.2 Å². The fourth-order valence-electron chi connectivity index (χ4n) is 1.96. The lowest BCUT2D eigenvalue weighted by Crippen LogP contribution is -2.22. The quantitative estimate of drug-likeness (QED) is 0.619. The van der Waals surface area contributed by atoms with Crippen LogP contribution in [0, 0.1) is 0 Å². The minimum atomic E-state index is -0.990. The van der Waals surface area contributed by atoms with Crippen molar-refractivity contribution >= 4 is 11.9 Å². The number of methoxy groups -OCH3 is 1. The zero-order valence-corrected chi connectivity index (χ0v) is 13.4. The van der Waals surface area contributed by atoms with E-state index in [9.17, 15) is 9.59 Å². The first-order chi connectivity index (χ1) is 11.5. The van der Waals surface area contributed by atoms with Crippen molar-refractivity contribution in [1.29, 1.82) is 0 Å². The van der Waals surface area contributed by atoms with Crippen molar-refractivity contribution in [1.82, 2.24) is 0 Å². The molecule has 24 heavy (non-hydrogen) atoms. The molecule has 0 aromatic heterocycles. The van der Waals surface area contributed by atoms with Gasteiger partial charge in [-0.1, -0.05) is 6.92 Å². The lowest BCUT2D eigenvalue weighted by Gasteiger charge is -2.19. The van der Waals surface area contributed by atoms with Gasteiger partial charge >= 0.3 is 11.9 Å². The van der Waals surface area contributed by atoms with Gasteiger partial charge in [0.15, 0.2) is 0 Å². The normalized spacial score (nSPS) is 11.4. The van der Waals surface area contributed by atoms with Crippen LogP contribution in [-0.4, -0.2) is 30.4 Å². The van der Waals surface area contributed by atoms with Crippen molar-refractivity contribution in [2.45, 2.75) is 19.6 Å². The maximum atomic E-state index is 11.4. The van der Waals surface area contributed by atoms with Crippen LogP contribution in [0.4, 0.5) is 0 Å². The molecular weight excluding hydrogens is 312 g/mol. The first kappa shape index (κ1) is 17.3. The first-order valence-electron chi connectivity index (χ1n) is 7.38. The third-order valence-electron chi connectivity index (χ3n) is 3.25. The molecule has 0 aliphatic rings. The number of benzene rings is 2. The van der Waals surface area contributed by atoms with Crippen LogP contribution in [0.5, 0.6) is 11.5 Å². The summed E-state index contributed by atoms with van der Waals surface area (Å²) in [6.45, 7) is 1.90. The lowest BCUT2D eigenvalue weighted by molar-refractivity contribution is 0.00329. The molecule has 2 aromatic carbocycles. The third-order valence-corrected chi connectivity index (χ3v) is 3.25. The molecule has 0 aliphatic heterocycles. The number of carboxylic acids is 1. The molecule has 0 fully saturated rings. The smallest absolute Gasteiger partial charge is 0.337 e. The topological polar surface area (TPSA) is 82.1 Å². The van der Waals surface area contributed by atoms with Crippen molar-refractivity contribution in [2.24, 2.45) is 0 Å². The fourth-order valence-corrected chi connectivity index (χ4v) is 1.96. The SMILES string of the molecule is CCC(Oc1ccc(C(=O)O)cc1)Oc1ccc(C(=O)OC)cc1. The number of hydrogen-bond donors (Lipinski definition) is 1. The molecule has 0 aliphatic carbocycles. The Morgan fingerprint density at radius 3 is 1.75 bits per heavy atom. The summed E-state index contributed by atoms with van der Waals surface area (Å²) < 4.78 is 16.1. The van der Waals surface area contributed by atoms with Gasteiger partial charge in [0.25, 0.3) is 0 Å². The molecule has 0 saturated heterocycles. The van der Waals surface area contributed by atoms with E-state index in [4.69, 9.17) is 14.6 Å². The molecule has 0 radical (unpaired) electrons. The molecule has 0 spiro atoms. The van der Waals surface area contributed by atoms with Gasteiger partial charge in [0.1, 0.15) is 11.5 Å². The first-order valence-corrected chi connectivity index (χ1v) is 7.38. The number of ether oxygens (including phenoxy) is 3. The molecule has 0 amide bonds. The van der Waals surface area contributed by atoms with Crippen LogP contribution in [0.15, 0.2) is 48.5 Å². The van der Waals surface area contributed by atoms with Crippen LogP contribution in [0.1, 0.15) is 34.1 Å². The zero-order valence-electron chi connectivity index (χ0n) is 13.4. The number of aromatic carboxylic acids is 1. The highest BCUT2D eigenvalue weighted by Gasteiger charge is 2.12. The summed E-state index contributed by atoms with van der Waals surface area (Å²) in [5, 5.41) is 8.88. The Hall–Kier alpha value is -3.02. The van der Waals surface area contributed by atoms with Crippen LogP contribution < -0.4 is 9.47 Å². The summed E-state index contributed by atoms with van der Waals surface area (Å²) >= 11 is 0. The number of carbonyl (C=O) groups is 2. The van der Waals surface area contributed by atoms with E-state index in [-0.39, 0.29) is 5.56 Å². The average Bonchev–Trinajstić information content (AvgIpc) is 2.61. The molecule has 0 bridgehead atoms. The van der Waals surface area contributed by atoms with Crippen LogP contribution in [0.3, 0.4) is 0 Å². The highest BCUT2D eigenvalue weighted by Crippen LogP contribution is 2.19. The van der Waals surface area contributed by atoms with Crippen LogP contribution in [0.25, 0.3) is 0 Å². The van der Waals surface area contributed by atoms with E-state index in [1.165, 1.54) is 19.2 Å². The second-order valence-electron chi connectivity index (χ2n) is 4.92. The molecule has 126 valence electrons. The molecule has 1 atom stereocenters. The van der Waals surface area contributed by atoms with Crippen molar-refractivity contribution in [3.8, 4) is 11.5 Å². The van der Waals surface area contributed by atoms with Crippen molar-refractivity contribution in [3.05, 3.63) is 59.7 Å². The van der Waals surface area contributed by atoms with E-state index in [2.05, 4.69) is 4.74 Å². The van der Waals surface area contributed by atoms with Crippen molar-refractivity contribution in [3.63, 3.8) is 0 Å². The Kier molecular flexibility index (Phi) is 5.78. The van der Waals surface area contributed by atoms with E-state index in [0.29, 0.717) is 23.5 Å². The monoisotopic (exact) mass is 330 g/mol. The summed E-state index contributed by atoms with van der Waals surface area (Å²) in [6.07, 6.45) is 0.0454. The van der Waals surface area contributed by atoms with Crippen LogP contribution >= 0.6 is 0 Å². The molecule has 2 rings (SSSR count). The average molecular weight is 330 g/mol. The molecule has 0 heterocycles. The van der Waals surface area contributed by atoms with Crippen LogP contribution in [0.2, 0.25) is 0 Å². The van der Waals surface area contributed by atoms with E-state index in [0.717, 1.165) is 0 Å². The van der Waals surface area contributed by atoms with E-state index in [1.54, 1.807) is 36.4 Å². The van der Waals surface area contributed by atoms with E-state index >= 15 is 0 Å². The summed E-state index contributed by atoms with van der Waals surface area (Å²) in [5.41, 5.74) is 0.623. The Morgan fingerprint density at radius 1 is 0.917 bits per heavy atom. The highest BCUT2D eigenvalue weighted by molar-refractivity contribution is 5.89. The second kappa shape index (κ2) is 8.01. The maximum absolute atomic E-state index is 11.4. The second-order valence-corrected chi connectivity index (χ2v) is 4.92. The minimum Gasteiger partial charge on any atom is -0.478 e. The Bertz CT molecular complexity index is 690. The van der Waals surface area contributed by atoms with Crippen molar-refractivity contribution < 1.29 is 28.9 Å². The molecule has 1 unspecified atom stereocenters. The van der Waals surface area contributed by atoms with Gasteiger partial charge in [-0.15, -0.1) is 0 Å². The van der Waals surface area contributed by atoms with E-state index in [1.807, 2.05) is 6.92 Å². The maximum Gasteiger partial charge on any atom is 0.337 e. The van der Waals surface area contributed by atoms with Gasteiger partial charge in [-0.2, -0.15) is 0 Å². The number of carboxylic acid groups (broad SMARTS) is 1. The van der Waals surface area contributed by atoms with Crippen LogP contribution in [-0.2, 0) is 4.74 Å². The van der Waals surface area contributed by atoms with Gasteiger partial charge in [0.2, 0.25) is 6.29 Å². The minimum absolute atomic E-state index is 0.190. The summed E-state index contributed by atoms with van der Waals surface area (Å²) in [5.74, 6) is -0.339. The standard InChI is InChI=1S/C18H18O6/c1-3-16(23-14-8-4-12(5-9-14)17(19)20)24-15-10-6-13(7-11-15)18(21)22-2/h4-11,16H,3H2,1-2H3,(H,19,20). The number of hydrogen-bond acceptors (Lipinski definition) is 5. The van der Waals surface area contributed by atoms with Gasteiger partial charge in [-0.25, -0.2) is 9.59 Å². The number of carbonyl (C=O) groups excluding carboxylic acids is 1. The molecule has 1 N–H and O–H groups in total. The Balaban J connectivity index is 2.01.